The van der Waals surface area contributed by atoms with Crippen molar-refractivity contribution in [2.24, 2.45) is 0 Å². The third-order valence-electron chi connectivity index (χ3n) is 4.65. The molecule has 2 heterocycles. The van der Waals surface area contributed by atoms with Gasteiger partial charge in [0.05, 0.1) is 18.4 Å². The summed E-state index contributed by atoms with van der Waals surface area (Å²) in [4.78, 5) is 36.2. The van der Waals surface area contributed by atoms with Crippen molar-refractivity contribution in [3.05, 3.63) is 46.9 Å². The van der Waals surface area contributed by atoms with E-state index in [0.29, 0.717) is 29.4 Å². The number of carbonyl (C=O) groups excluding carboxylic acids is 3. The normalized spacial score (nSPS) is 13.4. The first-order chi connectivity index (χ1) is 14.9. The van der Waals surface area contributed by atoms with Crippen molar-refractivity contribution >= 4 is 24.0 Å². The highest BCUT2D eigenvalue weighted by Gasteiger charge is 2.26. The molecule has 31 heavy (non-hydrogen) atoms. The van der Waals surface area contributed by atoms with E-state index in [1.807, 2.05) is 13.8 Å². The number of aryl methyl sites for hydroxylation is 2. The Bertz CT molecular complexity index is 993. The van der Waals surface area contributed by atoms with Gasteiger partial charge in [0.2, 0.25) is 0 Å². The number of imide groups is 1. The van der Waals surface area contributed by atoms with Crippen molar-refractivity contribution in [1.29, 1.82) is 0 Å². The summed E-state index contributed by atoms with van der Waals surface area (Å²) in [5.41, 5.74) is 2.30. The van der Waals surface area contributed by atoms with Crippen LogP contribution in [0, 0.1) is 13.8 Å². The van der Waals surface area contributed by atoms with Crippen LogP contribution < -0.4 is 14.8 Å². The molecule has 164 valence electrons. The van der Waals surface area contributed by atoms with Crippen LogP contribution >= 0.6 is 0 Å². The molecule has 0 radical (unpaired) electrons. The molecular formula is C21H23N3O7. The zero-order valence-corrected chi connectivity index (χ0v) is 17.5. The van der Waals surface area contributed by atoms with Gasteiger partial charge >= 0.3 is 12.0 Å². The molecule has 1 aliphatic rings. The minimum atomic E-state index is -0.703. The second-order valence-electron chi connectivity index (χ2n) is 6.72. The molecule has 10 nitrogen and oxygen atoms in total. The standard InChI is InChI=1S/C21H23N3O7/c1-13-16(14(2)31-23-13)11-29-17-6-4-15(10-18(17)28-3)5-7-20(26)30-12-19(25)24-9-8-22-21(24)27/h4-7,10H,8-9,11-12H2,1-3H3,(H,22,27). The summed E-state index contributed by atoms with van der Waals surface area (Å²) < 4.78 is 21.2. The zero-order valence-electron chi connectivity index (χ0n) is 17.5. The quantitative estimate of drug-likeness (QED) is 0.500. The number of benzene rings is 1. The Morgan fingerprint density at radius 2 is 2.10 bits per heavy atom. The van der Waals surface area contributed by atoms with Gasteiger partial charge in [0, 0.05) is 19.2 Å². The van der Waals surface area contributed by atoms with E-state index in [0.717, 1.165) is 16.2 Å². The number of carbonyl (C=O) groups is 3. The molecule has 3 amide bonds. The maximum absolute atomic E-state index is 11.9. The van der Waals surface area contributed by atoms with Crippen LogP contribution in [0.1, 0.15) is 22.6 Å². The highest BCUT2D eigenvalue weighted by atomic mass is 16.5. The van der Waals surface area contributed by atoms with E-state index < -0.39 is 24.5 Å². The summed E-state index contributed by atoms with van der Waals surface area (Å²) >= 11 is 0. The van der Waals surface area contributed by atoms with Gasteiger partial charge in [-0.25, -0.2) is 9.59 Å². The van der Waals surface area contributed by atoms with Crippen molar-refractivity contribution < 1.29 is 33.1 Å². The van der Waals surface area contributed by atoms with E-state index in [1.54, 1.807) is 18.2 Å². The lowest BCUT2D eigenvalue weighted by molar-refractivity contribution is -0.146. The van der Waals surface area contributed by atoms with Crippen LogP contribution in [0.2, 0.25) is 0 Å². The molecule has 10 heteroatoms. The lowest BCUT2D eigenvalue weighted by Crippen LogP contribution is -2.37. The summed E-state index contributed by atoms with van der Waals surface area (Å²) in [6, 6.07) is 4.68. The van der Waals surface area contributed by atoms with Gasteiger partial charge in [-0.3, -0.25) is 9.69 Å². The van der Waals surface area contributed by atoms with Gasteiger partial charge in [-0.15, -0.1) is 0 Å². The molecule has 0 bridgehead atoms. The van der Waals surface area contributed by atoms with Crippen LogP contribution in [0.15, 0.2) is 28.8 Å². The van der Waals surface area contributed by atoms with E-state index in [1.165, 1.54) is 19.3 Å². The third kappa shape index (κ3) is 5.41. The van der Waals surface area contributed by atoms with Gasteiger partial charge in [0.15, 0.2) is 18.1 Å². The number of hydrogen-bond donors (Lipinski definition) is 1. The molecule has 2 aromatic rings. The summed E-state index contributed by atoms with van der Waals surface area (Å²) in [7, 11) is 1.51. The number of nitrogens with zero attached hydrogens (tertiary/aromatic N) is 2. The Balaban J connectivity index is 1.56. The molecule has 1 aromatic heterocycles. The van der Waals surface area contributed by atoms with Crippen molar-refractivity contribution in [2.45, 2.75) is 20.5 Å². The van der Waals surface area contributed by atoms with Crippen molar-refractivity contribution in [3.8, 4) is 11.5 Å². The van der Waals surface area contributed by atoms with Gasteiger partial charge in [-0.1, -0.05) is 11.2 Å². The van der Waals surface area contributed by atoms with Crippen LogP contribution in [-0.2, 0) is 20.9 Å². The van der Waals surface area contributed by atoms with E-state index in [9.17, 15) is 14.4 Å². The molecule has 0 spiro atoms. The smallest absolute Gasteiger partial charge is 0.331 e. The lowest BCUT2D eigenvalue weighted by Gasteiger charge is -2.11. The molecule has 1 fully saturated rings. The Morgan fingerprint density at radius 3 is 2.74 bits per heavy atom. The Labute approximate surface area is 178 Å². The number of aromatic nitrogens is 1. The van der Waals surface area contributed by atoms with Crippen LogP contribution in [0.5, 0.6) is 11.5 Å². The molecule has 0 unspecified atom stereocenters. The van der Waals surface area contributed by atoms with Crippen molar-refractivity contribution in [3.63, 3.8) is 0 Å². The van der Waals surface area contributed by atoms with Crippen LogP contribution in [0.3, 0.4) is 0 Å². The minimum absolute atomic E-state index is 0.259. The molecule has 1 N–H and O–H groups in total. The number of amides is 3. The van der Waals surface area contributed by atoms with E-state index in [4.69, 9.17) is 18.7 Å². The fourth-order valence-corrected chi connectivity index (χ4v) is 2.90. The molecule has 1 aromatic carbocycles. The summed E-state index contributed by atoms with van der Waals surface area (Å²) in [6.45, 7) is 4.08. The molecule has 0 aliphatic carbocycles. The fraction of sp³-hybridized carbons (Fsp3) is 0.333. The summed E-state index contributed by atoms with van der Waals surface area (Å²) in [6.07, 6.45) is 2.71. The highest BCUT2D eigenvalue weighted by molar-refractivity contribution is 5.97. The van der Waals surface area contributed by atoms with Gasteiger partial charge in [-0.2, -0.15) is 0 Å². The van der Waals surface area contributed by atoms with E-state index >= 15 is 0 Å². The van der Waals surface area contributed by atoms with Gasteiger partial charge in [-0.05, 0) is 37.6 Å². The minimum Gasteiger partial charge on any atom is -0.493 e. The maximum Gasteiger partial charge on any atom is 0.331 e. The Hall–Kier alpha value is -3.82. The van der Waals surface area contributed by atoms with Crippen molar-refractivity contribution in [1.82, 2.24) is 15.4 Å². The first kappa shape index (κ1) is 21.9. The number of esters is 1. The average Bonchev–Trinajstić information content (AvgIpc) is 3.34. The fourth-order valence-electron chi connectivity index (χ4n) is 2.90. The van der Waals surface area contributed by atoms with Gasteiger partial charge in [0.1, 0.15) is 12.4 Å². The zero-order chi connectivity index (χ0) is 22.4. The van der Waals surface area contributed by atoms with Crippen LogP contribution in [0.25, 0.3) is 6.08 Å². The molecule has 0 saturated carbocycles. The third-order valence-corrected chi connectivity index (χ3v) is 4.65. The number of nitrogens with one attached hydrogen (secondary N) is 1. The van der Waals surface area contributed by atoms with Gasteiger partial charge in [0.25, 0.3) is 5.91 Å². The average molecular weight is 429 g/mol. The number of methoxy groups -OCH3 is 1. The molecular weight excluding hydrogens is 406 g/mol. The lowest BCUT2D eigenvalue weighted by atomic mass is 10.2. The Morgan fingerprint density at radius 1 is 1.29 bits per heavy atom. The predicted molar refractivity (Wildman–Crippen MR) is 108 cm³/mol. The van der Waals surface area contributed by atoms with Gasteiger partial charge < -0.3 is 24.1 Å². The van der Waals surface area contributed by atoms with Crippen LogP contribution in [-0.4, -0.2) is 54.8 Å². The van der Waals surface area contributed by atoms with E-state index in [2.05, 4.69) is 10.5 Å². The predicted octanol–water partition coefficient (Wildman–Crippen LogP) is 1.99. The summed E-state index contributed by atoms with van der Waals surface area (Å²) in [5, 5.41) is 6.40. The number of ether oxygens (including phenoxy) is 3. The number of rotatable bonds is 8. The maximum atomic E-state index is 11.9. The second kappa shape index (κ2) is 9.79. The molecule has 1 saturated heterocycles. The van der Waals surface area contributed by atoms with Crippen LogP contribution in [0.4, 0.5) is 4.79 Å². The summed E-state index contributed by atoms with van der Waals surface area (Å²) in [5.74, 6) is 0.427. The highest BCUT2D eigenvalue weighted by Crippen LogP contribution is 2.30. The topological polar surface area (TPSA) is 120 Å². The number of urea groups is 1. The van der Waals surface area contributed by atoms with Crippen molar-refractivity contribution in [2.75, 3.05) is 26.8 Å². The molecule has 1 aliphatic heterocycles. The largest absolute Gasteiger partial charge is 0.493 e. The second-order valence-corrected chi connectivity index (χ2v) is 6.72. The first-order valence-electron chi connectivity index (χ1n) is 9.54. The first-order valence-corrected chi connectivity index (χ1v) is 9.54. The SMILES string of the molecule is COc1cc(C=CC(=O)OCC(=O)N2CCNC2=O)ccc1OCc1c(C)noc1C. The monoisotopic (exact) mass is 429 g/mol. The molecule has 3 rings (SSSR count). The Kier molecular flexibility index (Phi) is 6.91. The van der Waals surface area contributed by atoms with E-state index in [-0.39, 0.29) is 13.2 Å². The number of hydrogen-bond acceptors (Lipinski definition) is 8. The molecule has 0 atom stereocenters.